The zero-order valence-corrected chi connectivity index (χ0v) is 10.0. The molecule has 1 unspecified atom stereocenters. The molecular formula is C10H9ClF2N2S. The van der Waals surface area contributed by atoms with E-state index < -0.39 is 11.6 Å². The van der Waals surface area contributed by atoms with E-state index in [1.807, 2.05) is 6.92 Å². The molecule has 0 radical (unpaired) electrons. The molecule has 0 bridgehead atoms. The first-order chi connectivity index (χ1) is 7.56. The van der Waals surface area contributed by atoms with E-state index in [1.54, 1.807) is 0 Å². The van der Waals surface area contributed by atoms with Gasteiger partial charge in [0.2, 0.25) is 0 Å². The number of anilines is 1. The van der Waals surface area contributed by atoms with Crippen LogP contribution >= 0.6 is 23.4 Å². The lowest BCUT2D eigenvalue weighted by Crippen LogP contribution is -2.07. The van der Waals surface area contributed by atoms with E-state index in [-0.39, 0.29) is 16.8 Å². The van der Waals surface area contributed by atoms with Crippen LogP contribution in [0, 0.1) is 11.6 Å². The highest BCUT2D eigenvalue weighted by molar-refractivity contribution is 8.14. The minimum absolute atomic E-state index is 0.0142. The number of halogens is 3. The Bertz CT molecular complexity index is 427. The normalized spacial score (nSPS) is 19.8. The van der Waals surface area contributed by atoms with Gasteiger partial charge in [0.25, 0.3) is 0 Å². The smallest absolute Gasteiger partial charge is 0.161 e. The van der Waals surface area contributed by atoms with Crippen molar-refractivity contribution in [2.24, 2.45) is 4.99 Å². The molecule has 2 rings (SSSR count). The van der Waals surface area contributed by atoms with Crippen LogP contribution in [0.3, 0.4) is 0 Å². The molecule has 1 aromatic carbocycles. The van der Waals surface area contributed by atoms with E-state index in [4.69, 9.17) is 11.6 Å². The van der Waals surface area contributed by atoms with Gasteiger partial charge in [-0.3, -0.25) is 4.99 Å². The van der Waals surface area contributed by atoms with Crippen molar-refractivity contribution in [3.8, 4) is 0 Å². The van der Waals surface area contributed by atoms with Crippen LogP contribution < -0.4 is 5.32 Å². The summed E-state index contributed by atoms with van der Waals surface area (Å²) < 4.78 is 26.2. The Morgan fingerprint density at radius 1 is 1.50 bits per heavy atom. The predicted octanol–water partition coefficient (Wildman–Crippen LogP) is 3.52. The lowest BCUT2D eigenvalue weighted by molar-refractivity contribution is 0.586. The molecule has 0 saturated heterocycles. The second kappa shape index (κ2) is 4.59. The van der Waals surface area contributed by atoms with Gasteiger partial charge in [-0.05, 0) is 13.0 Å². The van der Waals surface area contributed by atoms with Gasteiger partial charge in [0, 0.05) is 11.8 Å². The van der Waals surface area contributed by atoms with Gasteiger partial charge < -0.3 is 5.32 Å². The molecule has 1 aliphatic heterocycles. The summed E-state index contributed by atoms with van der Waals surface area (Å²) in [4.78, 5) is 4.24. The van der Waals surface area contributed by atoms with Crippen molar-refractivity contribution in [3.05, 3.63) is 28.8 Å². The number of amidine groups is 1. The van der Waals surface area contributed by atoms with Crippen molar-refractivity contribution in [3.63, 3.8) is 0 Å². The molecule has 1 aromatic rings. The average Bonchev–Trinajstić information content (AvgIpc) is 2.58. The zero-order valence-electron chi connectivity index (χ0n) is 8.43. The third-order valence-corrected chi connectivity index (χ3v) is 3.47. The number of benzene rings is 1. The summed E-state index contributed by atoms with van der Waals surface area (Å²) in [5, 5.41) is 3.40. The maximum atomic E-state index is 13.4. The van der Waals surface area contributed by atoms with Crippen LogP contribution in [0.15, 0.2) is 17.1 Å². The molecule has 0 amide bonds. The summed E-state index contributed by atoms with van der Waals surface area (Å²) in [6, 6.07) is 2.06. The molecule has 0 fully saturated rings. The third kappa shape index (κ3) is 2.47. The Kier molecular flexibility index (Phi) is 3.35. The molecule has 1 N–H and O–H groups in total. The van der Waals surface area contributed by atoms with Crippen LogP contribution in [0.25, 0.3) is 0 Å². The molecule has 0 aromatic heterocycles. The first-order valence-corrected chi connectivity index (χ1v) is 6.05. The Labute approximate surface area is 101 Å². The van der Waals surface area contributed by atoms with Gasteiger partial charge >= 0.3 is 0 Å². The van der Waals surface area contributed by atoms with Crippen molar-refractivity contribution in [1.29, 1.82) is 0 Å². The fraction of sp³-hybridized carbons (Fsp3) is 0.300. The summed E-state index contributed by atoms with van der Waals surface area (Å²) in [5.74, 6) is -0.557. The molecule has 0 spiro atoms. The van der Waals surface area contributed by atoms with Gasteiger partial charge in [-0.2, -0.15) is 0 Å². The second-order valence-electron chi connectivity index (χ2n) is 3.46. The van der Waals surface area contributed by atoms with E-state index in [2.05, 4.69) is 10.3 Å². The fourth-order valence-electron chi connectivity index (χ4n) is 1.31. The summed E-state index contributed by atoms with van der Waals surface area (Å²) in [7, 11) is 0. The van der Waals surface area contributed by atoms with Crippen LogP contribution in [-0.2, 0) is 0 Å². The summed E-state index contributed by atoms with van der Waals surface area (Å²) in [5.41, 5.74) is 0.0726. The highest BCUT2D eigenvalue weighted by Gasteiger charge is 2.17. The maximum absolute atomic E-state index is 13.4. The number of nitrogens with one attached hydrogen (secondary N) is 1. The maximum Gasteiger partial charge on any atom is 0.161 e. The van der Waals surface area contributed by atoms with E-state index in [0.717, 1.165) is 17.9 Å². The fourth-order valence-corrected chi connectivity index (χ4v) is 2.46. The topological polar surface area (TPSA) is 24.4 Å². The van der Waals surface area contributed by atoms with Gasteiger partial charge in [-0.25, -0.2) is 8.78 Å². The average molecular weight is 263 g/mol. The molecular weight excluding hydrogens is 254 g/mol. The minimum atomic E-state index is -0.715. The molecule has 2 nitrogen and oxygen atoms in total. The Morgan fingerprint density at radius 2 is 2.25 bits per heavy atom. The SMILES string of the molecule is CC1CSC(Nc2c(F)cc(F)cc2Cl)=N1. The van der Waals surface area contributed by atoms with Gasteiger partial charge in [-0.15, -0.1) is 0 Å². The summed E-state index contributed by atoms with van der Waals surface area (Å²) in [6.45, 7) is 1.96. The van der Waals surface area contributed by atoms with Crippen molar-refractivity contribution in [2.75, 3.05) is 11.1 Å². The number of nitrogens with zero attached hydrogens (tertiary/aromatic N) is 1. The predicted molar refractivity (Wildman–Crippen MR) is 64.3 cm³/mol. The molecule has 1 atom stereocenters. The number of hydrogen-bond donors (Lipinski definition) is 1. The quantitative estimate of drug-likeness (QED) is 0.837. The summed E-state index contributed by atoms with van der Waals surface area (Å²) >= 11 is 7.23. The van der Waals surface area contributed by atoms with Crippen LogP contribution in [0.5, 0.6) is 0 Å². The molecule has 1 aliphatic rings. The highest BCUT2D eigenvalue weighted by atomic mass is 35.5. The van der Waals surface area contributed by atoms with Crippen LogP contribution in [0.4, 0.5) is 14.5 Å². The van der Waals surface area contributed by atoms with Gasteiger partial charge in [0.15, 0.2) is 11.0 Å². The minimum Gasteiger partial charge on any atom is -0.331 e. The van der Waals surface area contributed by atoms with E-state index in [0.29, 0.717) is 5.17 Å². The number of hydrogen-bond acceptors (Lipinski definition) is 3. The Balaban J connectivity index is 2.25. The van der Waals surface area contributed by atoms with Crippen molar-refractivity contribution >= 4 is 34.2 Å². The molecule has 0 aliphatic carbocycles. The van der Waals surface area contributed by atoms with Crippen LogP contribution in [-0.4, -0.2) is 17.0 Å². The van der Waals surface area contributed by atoms with E-state index in [9.17, 15) is 8.78 Å². The molecule has 6 heteroatoms. The molecule has 86 valence electrons. The van der Waals surface area contributed by atoms with Crippen LogP contribution in [0.2, 0.25) is 5.02 Å². The zero-order chi connectivity index (χ0) is 11.7. The van der Waals surface area contributed by atoms with Gasteiger partial charge in [0.05, 0.1) is 16.8 Å². The summed E-state index contributed by atoms with van der Waals surface area (Å²) in [6.07, 6.45) is 0. The van der Waals surface area contributed by atoms with Crippen molar-refractivity contribution in [2.45, 2.75) is 13.0 Å². The molecule has 1 heterocycles. The van der Waals surface area contributed by atoms with E-state index in [1.165, 1.54) is 11.8 Å². The standard InChI is InChI=1S/C10H9ClF2N2S/c1-5-4-16-10(14-5)15-9-7(11)2-6(12)3-8(9)13/h2-3,5H,4H2,1H3,(H,14,15). The number of aliphatic imine (C=N–C) groups is 1. The first kappa shape index (κ1) is 11.7. The third-order valence-electron chi connectivity index (χ3n) is 2.04. The lowest BCUT2D eigenvalue weighted by Gasteiger charge is -2.08. The Morgan fingerprint density at radius 3 is 2.81 bits per heavy atom. The van der Waals surface area contributed by atoms with Crippen LogP contribution in [0.1, 0.15) is 6.92 Å². The number of thioether (sulfide) groups is 1. The van der Waals surface area contributed by atoms with Gasteiger partial charge in [-0.1, -0.05) is 23.4 Å². The number of rotatable bonds is 1. The van der Waals surface area contributed by atoms with E-state index >= 15 is 0 Å². The first-order valence-electron chi connectivity index (χ1n) is 4.68. The second-order valence-corrected chi connectivity index (χ2v) is 4.88. The van der Waals surface area contributed by atoms with Crippen molar-refractivity contribution in [1.82, 2.24) is 0 Å². The van der Waals surface area contributed by atoms with Gasteiger partial charge in [0.1, 0.15) is 5.82 Å². The highest BCUT2D eigenvalue weighted by Crippen LogP contribution is 2.29. The Hall–Kier alpha value is -0.810. The lowest BCUT2D eigenvalue weighted by atomic mass is 10.3. The monoisotopic (exact) mass is 262 g/mol. The molecule has 16 heavy (non-hydrogen) atoms. The molecule has 0 saturated carbocycles. The van der Waals surface area contributed by atoms with Crippen molar-refractivity contribution < 1.29 is 8.78 Å². The largest absolute Gasteiger partial charge is 0.331 e.